The molecule has 0 saturated carbocycles. The lowest BCUT2D eigenvalue weighted by molar-refractivity contribution is -0.116. The van der Waals surface area contributed by atoms with E-state index in [1.54, 1.807) is 18.6 Å². The SMILES string of the molecule is COc1ccc(CNC(=O)C=CSc2ccccc2)cc1. The van der Waals surface area contributed by atoms with Gasteiger partial charge in [0.05, 0.1) is 7.11 Å². The van der Waals surface area contributed by atoms with E-state index in [0.29, 0.717) is 6.54 Å². The van der Waals surface area contributed by atoms with Gasteiger partial charge < -0.3 is 10.1 Å². The minimum atomic E-state index is -0.103. The van der Waals surface area contributed by atoms with Gasteiger partial charge >= 0.3 is 0 Å². The Morgan fingerprint density at radius 2 is 1.86 bits per heavy atom. The van der Waals surface area contributed by atoms with Crippen LogP contribution < -0.4 is 10.1 Å². The normalized spacial score (nSPS) is 10.5. The fraction of sp³-hybridized carbons (Fsp3) is 0.118. The van der Waals surface area contributed by atoms with Gasteiger partial charge in [-0.2, -0.15) is 0 Å². The lowest BCUT2D eigenvalue weighted by Crippen LogP contribution is -2.20. The molecule has 1 amide bonds. The predicted octanol–water partition coefficient (Wildman–Crippen LogP) is 3.62. The molecule has 108 valence electrons. The topological polar surface area (TPSA) is 38.3 Å². The number of amides is 1. The summed E-state index contributed by atoms with van der Waals surface area (Å²) in [7, 11) is 1.63. The van der Waals surface area contributed by atoms with E-state index in [1.807, 2.05) is 54.6 Å². The van der Waals surface area contributed by atoms with Gasteiger partial charge in [0.1, 0.15) is 5.75 Å². The Kier molecular flexibility index (Phi) is 5.91. The maximum atomic E-state index is 11.7. The van der Waals surface area contributed by atoms with Crippen molar-refractivity contribution in [2.24, 2.45) is 0 Å². The molecule has 0 radical (unpaired) electrons. The summed E-state index contributed by atoms with van der Waals surface area (Å²) in [6.07, 6.45) is 1.54. The molecule has 2 rings (SSSR count). The third-order valence-corrected chi connectivity index (χ3v) is 3.61. The zero-order valence-electron chi connectivity index (χ0n) is 11.8. The maximum Gasteiger partial charge on any atom is 0.244 e. The highest BCUT2D eigenvalue weighted by molar-refractivity contribution is 8.02. The Morgan fingerprint density at radius 3 is 2.52 bits per heavy atom. The first kappa shape index (κ1) is 15.2. The monoisotopic (exact) mass is 299 g/mol. The van der Waals surface area contributed by atoms with Gasteiger partial charge in [-0.15, -0.1) is 0 Å². The van der Waals surface area contributed by atoms with E-state index in [4.69, 9.17) is 4.74 Å². The van der Waals surface area contributed by atoms with E-state index in [1.165, 1.54) is 11.8 Å². The van der Waals surface area contributed by atoms with Crippen LogP contribution in [0.4, 0.5) is 0 Å². The van der Waals surface area contributed by atoms with E-state index in [2.05, 4.69) is 5.32 Å². The molecule has 0 aliphatic rings. The lowest BCUT2D eigenvalue weighted by Gasteiger charge is -2.04. The highest BCUT2D eigenvalue weighted by atomic mass is 32.2. The third kappa shape index (κ3) is 5.36. The number of carbonyl (C=O) groups is 1. The molecule has 2 aromatic rings. The fourth-order valence-corrected chi connectivity index (χ4v) is 2.33. The van der Waals surface area contributed by atoms with Crippen molar-refractivity contribution in [2.75, 3.05) is 7.11 Å². The number of nitrogens with one attached hydrogen (secondary N) is 1. The average molecular weight is 299 g/mol. The van der Waals surface area contributed by atoms with E-state index in [0.717, 1.165) is 16.2 Å². The third-order valence-electron chi connectivity index (χ3n) is 2.79. The molecular weight excluding hydrogens is 282 g/mol. The van der Waals surface area contributed by atoms with Crippen molar-refractivity contribution in [1.29, 1.82) is 0 Å². The van der Waals surface area contributed by atoms with Gasteiger partial charge in [-0.25, -0.2) is 0 Å². The summed E-state index contributed by atoms with van der Waals surface area (Å²) >= 11 is 1.52. The summed E-state index contributed by atoms with van der Waals surface area (Å²) < 4.78 is 5.09. The van der Waals surface area contributed by atoms with Crippen molar-refractivity contribution in [2.45, 2.75) is 11.4 Å². The molecule has 3 nitrogen and oxygen atoms in total. The minimum absolute atomic E-state index is 0.103. The first-order valence-corrected chi connectivity index (χ1v) is 7.45. The Balaban J connectivity index is 1.76. The molecule has 0 aliphatic carbocycles. The molecule has 0 fully saturated rings. The van der Waals surface area contributed by atoms with E-state index >= 15 is 0 Å². The number of carbonyl (C=O) groups excluding carboxylic acids is 1. The molecule has 2 aromatic carbocycles. The van der Waals surface area contributed by atoms with Crippen LogP contribution in [0.2, 0.25) is 0 Å². The Hall–Kier alpha value is -2.20. The van der Waals surface area contributed by atoms with Crippen LogP contribution in [0.3, 0.4) is 0 Å². The lowest BCUT2D eigenvalue weighted by atomic mass is 10.2. The van der Waals surface area contributed by atoms with Crippen LogP contribution >= 0.6 is 11.8 Å². The second kappa shape index (κ2) is 8.17. The minimum Gasteiger partial charge on any atom is -0.497 e. The number of ether oxygens (including phenoxy) is 1. The van der Waals surface area contributed by atoms with E-state index in [9.17, 15) is 4.79 Å². The molecule has 0 saturated heterocycles. The Morgan fingerprint density at radius 1 is 1.14 bits per heavy atom. The number of benzene rings is 2. The first-order valence-electron chi connectivity index (χ1n) is 6.57. The van der Waals surface area contributed by atoms with E-state index in [-0.39, 0.29) is 5.91 Å². The molecule has 0 bridgehead atoms. The number of methoxy groups -OCH3 is 1. The van der Waals surface area contributed by atoms with Gasteiger partial charge in [0, 0.05) is 17.5 Å². The molecule has 0 unspecified atom stereocenters. The molecule has 0 aliphatic heterocycles. The van der Waals surface area contributed by atoms with Gasteiger partial charge in [-0.3, -0.25) is 4.79 Å². The van der Waals surface area contributed by atoms with Crippen molar-refractivity contribution in [1.82, 2.24) is 5.32 Å². The molecule has 0 heterocycles. The Labute approximate surface area is 129 Å². The van der Waals surface area contributed by atoms with Crippen LogP contribution in [0, 0.1) is 0 Å². The molecule has 21 heavy (non-hydrogen) atoms. The zero-order chi connectivity index (χ0) is 14.9. The predicted molar refractivity (Wildman–Crippen MR) is 86.3 cm³/mol. The first-order chi connectivity index (χ1) is 10.3. The van der Waals surface area contributed by atoms with Crippen molar-refractivity contribution in [3.8, 4) is 5.75 Å². The van der Waals surface area contributed by atoms with Crippen LogP contribution in [0.25, 0.3) is 0 Å². The number of rotatable bonds is 6. The summed E-state index contributed by atoms with van der Waals surface area (Å²) in [5.41, 5.74) is 1.04. The van der Waals surface area contributed by atoms with Crippen molar-refractivity contribution < 1.29 is 9.53 Å². The largest absolute Gasteiger partial charge is 0.497 e. The molecule has 0 spiro atoms. The second-order valence-corrected chi connectivity index (χ2v) is 5.28. The number of thioether (sulfide) groups is 1. The molecule has 0 atom stereocenters. The summed E-state index contributed by atoms with van der Waals surface area (Å²) in [6.45, 7) is 0.503. The van der Waals surface area contributed by atoms with Crippen LogP contribution in [0.1, 0.15) is 5.56 Å². The molecular formula is C17H17NO2S. The molecule has 1 N–H and O–H groups in total. The Bertz CT molecular complexity index is 594. The average Bonchev–Trinajstić information content (AvgIpc) is 2.54. The van der Waals surface area contributed by atoms with Crippen LogP contribution in [0.5, 0.6) is 5.75 Å². The zero-order valence-corrected chi connectivity index (χ0v) is 12.6. The standard InChI is InChI=1S/C17H17NO2S/c1-20-15-9-7-14(8-10-15)13-18-17(19)11-12-21-16-5-3-2-4-6-16/h2-12H,13H2,1H3,(H,18,19). The number of hydrogen-bond acceptors (Lipinski definition) is 3. The fourth-order valence-electron chi connectivity index (χ4n) is 1.66. The van der Waals surface area contributed by atoms with Crippen LogP contribution in [-0.2, 0) is 11.3 Å². The summed E-state index contributed by atoms with van der Waals surface area (Å²) in [6, 6.07) is 17.5. The van der Waals surface area contributed by atoms with Crippen molar-refractivity contribution in [3.63, 3.8) is 0 Å². The van der Waals surface area contributed by atoms with Crippen LogP contribution in [0.15, 0.2) is 71.0 Å². The van der Waals surface area contributed by atoms with Gasteiger partial charge in [0.25, 0.3) is 0 Å². The van der Waals surface area contributed by atoms with Gasteiger partial charge in [-0.1, -0.05) is 42.1 Å². The highest BCUT2D eigenvalue weighted by Gasteiger charge is 1.97. The maximum absolute atomic E-state index is 11.7. The van der Waals surface area contributed by atoms with Gasteiger partial charge in [0.15, 0.2) is 0 Å². The molecule has 0 aromatic heterocycles. The van der Waals surface area contributed by atoms with E-state index < -0.39 is 0 Å². The second-order valence-electron chi connectivity index (χ2n) is 4.30. The molecule has 4 heteroatoms. The van der Waals surface area contributed by atoms with Crippen molar-refractivity contribution >= 4 is 17.7 Å². The summed E-state index contributed by atoms with van der Waals surface area (Å²) in [4.78, 5) is 12.8. The van der Waals surface area contributed by atoms with Gasteiger partial charge in [0.2, 0.25) is 5.91 Å². The number of hydrogen-bond donors (Lipinski definition) is 1. The quantitative estimate of drug-likeness (QED) is 0.654. The smallest absolute Gasteiger partial charge is 0.244 e. The summed E-state index contributed by atoms with van der Waals surface area (Å²) in [5.74, 6) is 0.707. The summed E-state index contributed by atoms with van der Waals surface area (Å²) in [5, 5.41) is 4.63. The van der Waals surface area contributed by atoms with Crippen LogP contribution in [-0.4, -0.2) is 13.0 Å². The van der Waals surface area contributed by atoms with Gasteiger partial charge in [-0.05, 0) is 35.2 Å². The highest BCUT2D eigenvalue weighted by Crippen LogP contribution is 2.17. The van der Waals surface area contributed by atoms with Crippen molar-refractivity contribution in [3.05, 3.63) is 71.6 Å².